The van der Waals surface area contributed by atoms with E-state index in [0.29, 0.717) is 33.0 Å². The SMILES string of the molecule is O=[N+]([O-])c1ccc(CSc2nnc(-c3ccccc3Cl)n2-c2ccccc2F)cc1. The van der Waals surface area contributed by atoms with Gasteiger partial charge in [-0.05, 0) is 29.8 Å². The van der Waals surface area contributed by atoms with Crippen LogP contribution in [0.4, 0.5) is 10.1 Å². The lowest BCUT2D eigenvalue weighted by Crippen LogP contribution is -2.02. The normalized spacial score (nSPS) is 10.9. The molecular formula is C21H14ClFN4O2S. The van der Waals surface area contributed by atoms with Crippen molar-refractivity contribution in [1.82, 2.24) is 14.8 Å². The molecule has 4 aromatic rings. The van der Waals surface area contributed by atoms with E-state index in [2.05, 4.69) is 10.2 Å². The van der Waals surface area contributed by atoms with Gasteiger partial charge in [0, 0.05) is 23.4 Å². The summed E-state index contributed by atoms with van der Waals surface area (Å²) in [6, 6.07) is 19.8. The van der Waals surface area contributed by atoms with Crippen molar-refractivity contribution in [1.29, 1.82) is 0 Å². The molecule has 0 amide bonds. The van der Waals surface area contributed by atoms with Gasteiger partial charge in [-0.25, -0.2) is 4.39 Å². The predicted molar refractivity (Wildman–Crippen MR) is 114 cm³/mol. The van der Waals surface area contributed by atoms with Crippen LogP contribution in [0, 0.1) is 15.9 Å². The number of hydrogen-bond acceptors (Lipinski definition) is 5. The lowest BCUT2D eigenvalue weighted by atomic mass is 10.2. The van der Waals surface area contributed by atoms with Crippen molar-refractivity contribution in [3.8, 4) is 17.1 Å². The minimum Gasteiger partial charge on any atom is -0.267 e. The Morgan fingerprint density at radius 1 is 1.00 bits per heavy atom. The lowest BCUT2D eigenvalue weighted by molar-refractivity contribution is -0.384. The summed E-state index contributed by atoms with van der Waals surface area (Å²) in [6.07, 6.45) is 0. The van der Waals surface area contributed by atoms with Gasteiger partial charge in [0.1, 0.15) is 5.82 Å². The van der Waals surface area contributed by atoms with Gasteiger partial charge >= 0.3 is 0 Å². The number of benzene rings is 3. The minimum atomic E-state index is -0.443. The van der Waals surface area contributed by atoms with E-state index in [0.717, 1.165) is 5.56 Å². The quantitative estimate of drug-likeness (QED) is 0.211. The molecule has 0 aliphatic heterocycles. The number of para-hydroxylation sites is 1. The highest BCUT2D eigenvalue weighted by atomic mass is 35.5. The van der Waals surface area contributed by atoms with E-state index in [9.17, 15) is 14.5 Å². The third-order valence-electron chi connectivity index (χ3n) is 4.36. The average Bonchev–Trinajstić information content (AvgIpc) is 3.16. The highest BCUT2D eigenvalue weighted by molar-refractivity contribution is 7.98. The summed E-state index contributed by atoms with van der Waals surface area (Å²) in [6.45, 7) is 0. The van der Waals surface area contributed by atoms with Crippen molar-refractivity contribution < 1.29 is 9.31 Å². The summed E-state index contributed by atoms with van der Waals surface area (Å²) < 4.78 is 16.3. The molecule has 30 heavy (non-hydrogen) atoms. The zero-order valence-corrected chi connectivity index (χ0v) is 17.0. The Labute approximate surface area is 180 Å². The molecule has 0 atom stereocenters. The van der Waals surface area contributed by atoms with Gasteiger partial charge in [-0.2, -0.15) is 0 Å². The Balaban J connectivity index is 1.72. The van der Waals surface area contributed by atoms with Crippen LogP contribution in [-0.2, 0) is 5.75 Å². The maximum absolute atomic E-state index is 14.6. The van der Waals surface area contributed by atoms with Crippen LogP contribution < -0.4 is 0 Å². The monoisotopic (exact) mass is 440 g/mol. The molecule has 4 rings (SSSR count). The first-order valence-electron chi connectivity index (χ1n) is 8.86. The van der Waals surface area contributed by atoms with Gasteiger partial charge in [0.15, 0.2) is 11.0 Å². The third kappa shape index (κ3) is 4.05. The van der Waals surface area contributed by atoms with Crippen LogP contribution in [0.2, 0.25) is 5.02 Å². The molecule has 0 aliphatic rings. The van der Waals surface area contributed by atoms with E-state index in [1.807, 2.05) is 6.07 Å². The second-order valence-corrected chi connectivity index (χ2v) is 7.63. The van der Waals surface area contributed by atoms with Gasteiger partial charge in [0.05, 0.1) is 15.6 Å². The van der Waals surface area contributed by atoms with Crippen molar-refractivity contribution >= 4 is 29.1 Å². The van der Waals surface area contributed by atoms with Gasteiger partial charge in [0.2, 0.25) is 0 Å². The molecule has 0 N–H and O–H groups in total. The summed E-state index contributed by atoms with van der Waals surface area (Å²) in [5, 5.41) is 20.3. The van der Waals surface area contributed by atoms with Crippen molar-refractivity contribution in [2.24, 2.45) is 0 Å². The zero-order chi connectivity index (χ0) is 21.1. The molecule has 150 valence electrons. The van der Waals surface area contributed by atoms with E-state index in [-0.39, 0.29) is 5.69 Å². The van der Waals surface area contributed by atoms with Gasteiger partial charge in [0.25, 0.3) is 5.69 Å². The van der Waals surface area contributed by atoms with Crippen molar-refractivity contribution in [2.75, 3.05) is 0 Å². The molecule has 0 bridgehead atoms. The molecule has 0 radical (unpaired) electrons. The van der Waals surface area contributed by atoms with E-state index in [1.54, 1.807) is 53.1 Å². The maximum atomic E-state index is 14.6. The fraction of sp³-hybridized carbons (Fsp3) is 0.0476. The van der Waals surface area contributed by atoms with Crippen molar-refractivity contribution in [3.63, 3.8) is 0 Å². The molecule has 0 unspecified atom stereocenters. The largest absolute Gasteiger partial charge is 0.269 e. The second kappa shape index (κ2) is 8.64. The van der Waals surface area contributed by atoms with Gasteiger partial charge in [-0.3, -0.25) is 14.7 Å². The van der Waals surface area contributed by atoms with Crippen molar-refractivity contribution in [2.45, 2.75) is 10.9 Å². The Hall–Kier alpha value is -3.23. The third-order valence-corrected chi connectivity index (χ3v) is 5.69. The summed E-state index contributed by atoms with van der Waals surface area (Å²) in [5.41, 5.74) is 1.84. The molecule has 0 fully saturated rings. The Morgan fingerprint density at radius 2 is 1.70 bits per heavy atom. The number of hydrogen-bond donors (Lipinski definition) is 0. The molecule has 3 aromatic carbocycles. The predicted octanol–water partition coefficient (Wildman–Crippen LogP) is 5.93. The van der Waals surface area contributed by atoms with Crippen LogP contribution in [0.3, 0.4) is 0 Å². The van der Waals surface area contributed by atoms with E-state index >= 15 is 0 Å². The molecule has 0 saturated carbocycles. The van der Waals surface area contributed by atoms with E-state index in [4.69, 9.17) is 11.6 Å². The summed E-state index contributed by atoms with van der Waals surface area (Å²) in [4.78, 5) is 10.4. The topological polar surface area (TPSA) is 73.8 Å². The maximum Gasteiger partial charge on any atom is 0.269 e. The number of nitrogens with zero attached hydrogens (tertiary/aromatic N) is 4. The molecule has 0 saturated heterocycles. The van der Waals surface area contributed by atoms with Crippen LogP contribution in [0.5, 0.6) is 0 Å². The van der Waals surface area contributed by atoms with E-state index in [1.165, 1.54) is 30.0 Å². The molecule has 0 spiro atoms. The molecule has 0 aliphatic carbocycles. The molecule has 1 heterocycles. The molecule has 9 heteroatoms. The first-order chi connectivity index (χ1) is 14.5. The molecular weight excluding hydrogens is 427 g/mol. The zero-order valence-electron chi connectivity index (χ0n) is 15.4. The number of thioether (sulfide) groups is 1. The highest BCUT2D eigenvalue weighted by Gasteiger charge is 2.20. The Bertz CT molecular complexity index is 1210. The lowest BCUT2D eigenvalue weighted by Gasteiger charge is -2.12. The van der Waals surface area contributed by atoms with Crippen LogP contribution in [0.1, 0.15) is 5.56 Å². The first-order valence-corrected chi connectivity index (χ1v) is 10.2. The second-order valence-electron chi connectivity index (χ2n) is 6.29. The summed E-state index contributed by atoms with van der Waals surface area (Å²) in [5.74, 6) is 0.493. The summed E-state index contributed by atoms with van der Waals surface area (Å²) in [7, 11) is 0. The van der Waals surface area contributed by atoms with Crippen LogP contribution >= 0.6 is 23.4 Å². The van der Waals surface area contributed by atoms with Crippen LogP contribution in [0.25, 0.3) is 17.1 Å². The Kier molecular flexibility index (Phi) is 5.78. The standard InChI is InChI=1S/C21H14ClFN4O2S/c22-17-6-2-1-5-16(17)20-24-25-21(26(20)19-8-4-3-7-18(19)23)30-13-14-9-11-15(12-10-14)27(28)29/h1-12H,13H2. The first kappa shape index (κ1) is 20.1. The number of nitro groups is 1. The number of rotatable bonds is 6. The highest BCUT2D eigenvalue weighted by Crippen LogP contribution is 2.33. The Morgan fingerprint density at radius 3 is 2.40 bits per heavy atom. The fourth-order valence-corrected chi connectivity index (χ4v) is 4.01. The van der Waals surface area contributed by atoms with E-state index < -0.39 is 10.7 Å². The smallest absolute Gasteiger partial charge is 0.267 e. The van der Waals surface area contributed by atoms with Gasteiger partial charge < -0.3 is 0 Å². The fourth-order valence-electron chi connectivity index (χ4n) is 2.89. The van der Waals surface area contributed by atoms with Gasteiger partial charge in [-0.1, -0.05) is 59.8 Å². The number of nitro benzene ring substituents is 1. The molecule has 1 aromatic heterocycles. The van der Waals surface area contributed by atoms with Crippen LogP contribution in [-0.4, -0.2) is 19.7 Å². The number of halogens is 2. The molecule has 6 nitrogen and oxygen atoms in total. The number of non-ortho nitro benzene ring substituents is 1. The van der Waals surface area contributed by atoms with Crippen LogP contribution in [0.15, 0.2) is 78.0 Å². The number of aromatic nitrogens is 3. The summed E-state index contributed by atoms with van der Waals surface area (Å²) >= 11 is 7.69. The van der Waals surface area contributed by atoms with Crippen molar-refractivity contribution in [3.05, 3.63) is 99.3 Å². The van der Waals surface area contributed by atoms with Gasteiger partial charge in [-0.15, -0.1) is 10.2 Å². The average molecular weight is 441 g/mol. The minimum absolute atomic E-state index is 0.0271.